The van der Waals surface area contributed by atoms with Crippen LogP contribution in [0.3, 0.4) is 0 Å². The Morgan fingerprint density at radius 3 is 2.57 bits per heavy atom. The zero-order valence-electron chi connectivity index (χ0n) is 16.2. The van der Waals surface area contributed by atoms with Crippen molar-refractivity contribution in [3.05, 3.63) is 34.4 Å². The minimum atomic E-state index is -3.98. The molecule has 9 nitrogen and oxygen atoms in total. The molecule has 0 aliphatic carbocycles. The van der Waals surface area contributed by atoms with E-state index >= 15 is 0 Å². The van der Waals surface area contributed by atoms with Crippen molar-refractivity contribution in [2.24, 2.45) is 5.92 Å². The summed E-state index contributed by atoms with van der Waals surface area (Å²) in [6.07, 6.45) is 1.64. The van der Waals surface area contributed by atoms with E-state index in [1.807, 2.05) is 13.8 Å². The first kappa shape index (κ1) is 22.3. The van der Waals surface area contributed by atoms with Gasteiger partial charge >= 0.3 is 0 Å². The highest BCUT2D eigenvalue weighted by Crippen LogP contribution is 2.29. The summed E-state index contributed by atoms with van der Waals surface area (Å²) < 4.78 is 32.2. The van der Waals surface area contributed by atoms with Crippen LogP contribution in [0, 0.1) is 16.0 Å². The molecule has 1 heterocycles. The molecular formula is C18H27N3O6S. The molecule has 1 aromatic rings. The van der Waals surface area contributed by atoms with Crippen molar-refractivity contribution in [2.45, 2.75) is 44.1 Å². The van der Waals surface area contributed by atoms with Gasteiger partial charge in [0.05, 0.1) is 11.0 Å². The molecule has 1 N–H and O–H groups in total. The van der Waals surface area contributed by atoms with Gasteiger partial charge in [0.2, 0.25) is 15.9 Å². The van der Waals surface area contributed by atoms with Gasteiger partial charge in [0.15, 0.2) is 4.90 Å². The molecule has 0 bridgehead atoms. The normalized spacial score (nSPS) is 16.2. The third-order valence-electron chi connectivity index (χ3n) is 4.58. The van der Waals surface area contributed by atoms with Crippen LogP contribution >= 0.6 is 0 Å². The molecule has 0 saturated carbocycles. The fourth-order valence-electron chi connectivity index (χ4n) is 3.07. The van der Waals surface area contributed by atoms with Gasteiger partial charge in [-0.1, -0.05) is 12.1 Å². The molecule has 156 valence electrons. The van der Waals surface area contributed by atoms with Crippen LogP contribution in [0.15, 0.2) is 29.2 Å². The molecule has 0 spiro atoms. The van der Waals surface area contributed by atoms with E-state index in [-0.39, 0.29) is 35.9 Å². The SMILES string of the molecule is CC(C)OCCCNC(=O)C1CCN(S(=O)(=O)c2ccccc2[N+](=O)[O-])CC1. The van der Waals surface area contributed by atoms with E-state index in [0.717, 1.165) is 6.42 Å². The molecule has 10 heteroatoms. The van der Waals surface area contributed by atoms with Crippen LogP contribution in [0.25, 0.3) is 0 Å². The smallest absolute Gasteiger partial charge is 0.289 e. The monoisotopic (exact) mass is 413 g/mol. The van der Waals surface area contributed by atoms with Gasteiger partial charge in [-0.15, -0.1) is 0 Å². The second-order valence-corrected chi connectivity index (χ2v) is 8.87. The molecule has 1 fully saturated rings. The Morgan fingerprint density at radius 1 is 1.32 bits per heavy atom. The number of nitro benzene ring substituents is 1. The van der Waals surface area contributed by atoms with Gasteiger partial charge in [-0.05, 0) is 39.2 Å². The van der Waals surface area contributed by atoms with Gasteiger partial charge in [0.25, 0.3) is 5.69 Å². The maximum Gasteiger partial charge on any atom is 0.289 e. The Morgan fingerprint density at radius 2 is 1.96 bits per heavy atom. The number of sulfonamides is 1. The largest absolute Gasteiger partial charge is 0.379 e. The average Bonchev–Trinajstić information content (AvgIpc) is 2.67. The summed E-state index contributed by atoms with van der Waals surface area (Å²) in [7, 11) is -3.98. The minimum absolute atomic E-state index is 0.0905. The lowest BCUT2D eigenvalue weighted by Crippen LogP contribution is -2.43. The van der Waals surface area contributed by atoms with E-state index in [9.17, 15) is 23.3 Å². The van der Waals surface area contributed by atoms with Crippen molar-refractivity contribution < 1.29 is 22.9 Å². The summed E-state index contributed by atoms with van der Waals surface area (Å²) >= 11 is 0. The second-order valence-electron chi connectivity index (χ2n) is 6.97. The average molecular weight is 413 g/mol. The molecule has 0 radical (unpaired) electrons. The number of rotatable bonds is 9. The maximum atomic E-state index is 12.8. The molecule has 1 saturated heterocycles. The lowest BCUT2D eigenvalue weighted by atomic mass is 9.97. The number of hydrogen-bond acceptors (Lipinski definition) is 6. The number of ether oxygens (including phenoxy) is 1. The van der Waals surface area contributed by atoms with Gasteiger partial charge < -0.3 is 10.1 Å². The fraction of sp³-hybridized carbons (Fsp3) is 0.611. The highest BCUT2D eigenvalue weighted by molar-refractivity contribution is 7.89. The third kappa shape index (κ3) is 5.73. The molecule has 28 heavy (non-hydrogen) atoms. The first-order valence-electron chi connectivity index (χ1n) is 9.36. The Hall–Kier alpha value is -2.04. The number of amides is 1. The predicted octanol–water partition coefficient (Wildman–Crippen LogP) is 1.93. The summed E-state index contributed by atoms with van der Waals surface area (Å²) in [5.41, 5.74) is -0.439. The second kappa shape index (κ2) is 9.94. The first-order valence-corrected chi connectivity index (χ1v) is 10.8. The van der Waals surface area contributed by atoms with Crippen molar-refractivity contribution in [3.63, 3.8) is 0 Å². The van der Waals surface area contributed by atoms with Crippen LogP contribution in [-0.4, -0.2) is 55.9 Å². The van der Waals surface area contributed by atoms with Crippen LogP contribution < -0.4 is 5.32 Å². The predicted molar refractivity (Wildman–Crippen MR) is 103 cm³/mol. The summed E-state index contributed by atoms with van der Waals surface area (Å²) in [5.74, 6) is -0.351. The molecule has 1 amide bonds. The molecule has 1 aliphatic rings. The molecule has 1 aliphatic heterocycles. The highest BCUT2D eigenvalue weighted by Gasteiger charge is 2.35. The number of benzene rings is 1. The van der Waals surface area contributed by atoms with Crippen LogP contribution in [-0.2, 0) is 19.6 Å². The molecule has 2 rings (SSSR count). The number of carbonyl (C=O) groups is 1. The number of nitrogens with zero attached hydrogens (tertiary/aromatic N) is 2. The Balaban J connectivity index is 1.89. The van der Waals surface area contributed by atoms with Crippen LogP contribution in [0.2, 0.25) is 0 Å². The van der Waals surface area contributed by atoms with E-state index in [1.54, 1.807) is 0 Å². The maximum absolute atomic E-state index is 12.8. The molecule has 0 atom stereocenters. The van der Waals surface area contributed by atoms with E-state index in [1.165, 1.54) is 28.6 Å². The van der Waals surface area contributed by atoms with Crippen molar-refractivity contribution >= 4 is 21.6 Å². The third-order valence-corrected chi connectivity index (χ3v) is 6.52. The van der Waals surface area contributed by atoms with Gasteiger partial charge in [-0.3, -0.25) is 14.9 Å². The zero-order chi connectivity index (χ0) is 20.7. The summed E-state index contributed by atoms with van der Waals surface area (Å²) in [4.78, 5) is 22.4. The molecule has 1 aromatic carbocycles. The summed E-state index contributed by atoms with van der Waals surface area (Å²) in [5, 5.41) is 14.0. The van der Waals surface area contributed by atoms with Crippen molar-refractivity contribution in [1.29, 1.82) is 0 Å². The van der Waals surface area contributed by atoms with E-state index in [0.29, 0.717) is 26.0 Å². The van der Waals surface area contributed by atoms with Gasteiger partial charge in [-0.25, -0.2) is 8.42 Å². The van der Waals surface area contributed by atoms with Gasteiger partial charge in [0, 0.05) is 38.2 Å². The summed E-state index contributed by atoms with van der Waals surface area (Å²) in [6.45, 7) is 5.30. The number of carbonyl (C=O) groups excluding carboxylic acids is 1. The number of nitro groups is 1. The molecule has 0 aromatic heterocycles. The van der Waals surface area contributed by atoms with E-state index < -0.39 is 20.6 Å². The van der Waals surface area contributed by atoms with E-state index in [4.69, 9.17) is 4.74 Å². The molecular weight excluding hydrogens is 386 g/mol. The van der Waals surface area contributed by atoms with Crippen molar-refractivity contribution in [3.8, 4) is 0 Å². The zero-order valence-corrected chi connectivity index (χ0v) is 17.0. The molecule has 0 unspecified atom stereocenters. The number of nitrogens with one attached hydrogen (secondary N) is 1. The van der Waals surface area contributed by atoms with Crippen molar-refractivity contribution in [1.82, 2.24) is 9.62 Å². The van der Waals surface area contributed by atoms with Crippen LogP contribution in [0.5, 0.6) is 0 Å². The quantitative estimate of drug-likeness (QED) is 0.375. The van der Waals surface area contributed by atoms with Crippen LogP contribution in [0.4, 0.5) is 5.69 Å². The lowest BCUT2D eigenvalue weighted by Gasteiger charge is -2.30. The highest BCUT2D eigenvalue weighted by atomic mass is 32.2. The fourth-order valence-corrected chi connectivity index (χ4v) is 4.70. The minimum Gasteiger partial charge on any atom is -0.379 e. The first-order chi connectivity index (χ1) is 13.2. The van der Waals surface area contributed by atoms with E-state index in [2.05, 4.69) is 5.32 Å². The Labute approximate surface area is 165 Å². The lowest BCUT2D eigenvalue weighted by molar-refractivity contribution is -0.387. The van der Waals surface area contributed by atoms with Crippen molar-refractivity contribution in [2.75, 3.05) is 26.2 Å². The Bertz CT molecular complexity index is 788. The Kier molecular flexibility index (Phi) is 7.90. The number of piperidine rings is 1. The number of hydrogen-bond donors (Lipinski definition) is 1. The summed E-state index contributed by atoms with van der Waals surface area (Å²) in [6, 6.07) is 5.31. The van der Waals surface area contributed by atoms with Crippen LogP contribution in [0.1, 0.15) is 33.1 Å². The van der Waals surface area contributed by atoms with Gasteiger partial charge in [-0.2, -0.15) is 4.31 Å². The van der Waals surface area contributed by atoms with Gasteiger partial charge in [0.1, 0.15) is 0 Å². The topological polar surface area (TPSA) is 119 Å². The standard InChI is InChI=1S/C18H27N3O6S/c1-14(2)27-13-5-10-19-18(22)15-8-11-20(12-9-15)28(25,26)17-7-4-3-6-16(17)21(23)24/h3-4,6-7,14-15H,5,8-13H2,1-2H3,(H,19,22). The number of para-hydroxylation sites is 1.